The minimum absolute atomic E-state index is 0.117. The number of carbonyl (C=O) groups is 1. The van der Waals surface area contributed by atoms with E-state index in [0.29, 0.717) is 6.54 Å². The fourth-order valence-electron chi connectivity index (χ4n) is 4.10. The Morgan fingerprint density at radius 1 is 1.27 bits per heavy atom. The fraction of sp³-hybridized carbons (Fsp3) is 0.667. The molecular formula is C21H31FN2O2. The molecule has 0 N–H and O–H groups in total. The Labute approximate surface area is 156 Å². The van der Waals surface area contributed by atoms with E-state index in [-0.39, 0.29) is 29.5 Å². The van der Waals surface area contributed by atoms with Crippen LogP contribution in [0.3, 0.4) is 0 Å². The fourth-order valence-corrected chi connectivity index (χ4v) is 4.10. The summed E-state index contributed by atoms with van der Waals surface area (Å²) in [6.45, 7) is 9.60. The van der Waals surface area contributed by atoms with Crippen LogP contribution in [0.25, 0.3) is 0 Å². The number of rotatable bonds is 5. The Hall–Kier alpha value is -1.46. The Bertz CT molecular complexity index is 626. The molecule has 5 heteroatoms. The lowest BCUT2D eigenvalue weighted by Crippen LogP contribution is -2.63. The van der Waals surface area contributed by atoms with Crippen LogP contribution >= 0.6 is 0 Å². The number of carbonyl (C=O) groups excluding carboxylic acids is 1. The average molecular weight is 362 g/mol. The standard InChI is InChI=1S/C21H31FN2O2/c1-4-19-20(25)24(16(2)3)15-21(26-19)10-13-23(14-11-21)12-9-17-7-5-6-8-18(17)22/h5-8,16,19H,4,9-15H2,1-3H3/t19-/m1/s1. The summed E-state index contributed by atoms with van der Waals surface area (Å²) in [4.78, 5) is 16.9. The predicted molar refractivity (Wildman–Crippen MR) is 101 cm³/mol. The molecule has 0 aromatic heterocycles. The number of morpholine rings is 1. The van der Waals surface area contributed by atoms with E-state index >= 15 is 0 Å². The van der Waals surface area contributed by atoms with Crippen LogP contribution in [-0.4, -0.2) is 59.6 Å². The van der Waals surface area contributed by atoms with E-state index in [1.54, 1.807) is 6.07 Å². The number of amides is 1. The van der Waals surface area contributed by atoms with Crippen molar-refractivity contribution in [2.75, 3.05) is 26.2 Å². The summed E-state index contributed by atoms with van der Waals surface area (Å²) in [5.74, 6) is 0.0172. The second kappa shape index (κ2) is 8.05. The number of hydrogen-bond acceptors (Lipinski definition) is 3. The van der Waals surface area contributed by atoms with Crippen LogP contribution < -0.4 is 0 Å². The normalized spacial score (nSPS) is 23.8. The first-order valence-electron chi connectivity index (χ1n) is 9.88. The molecule has 3 rings (SSSR count). The Morgan fingerprint density at radius 3 is 2.58 bits per heavy atom. The Kier molecular flexibility index (Phi) is 5.98. The Morgan fingerprint density at radius 2 is 1.96 bits per heavy atom. The third-order valence-electron chi connectivity index (χ3n) is 5.83. The van der Waals surface area contributed by atoms with Crippen molar-refractivity contribution >= 4 is 5.91 Å². The van der Waals surface area contributed by atoms with Crippen LogP contribution in [0.1, 0.15) is 45.6 Å². The van der Waals surface area contributed by atoms with Gasteiger partial charge in [-0.1, -0.05) is 25.1 Å². The van der Waals surface area contributed by atoms with E-state index in [1.807, 2.05) is 24.0 Å². The van der Waals surface area contributed by atoms with Gasteiger partial charge >= 0.3 is 0 Å². The first kappa shape index (κ1) is 19.3. The highest BCUT2D eigenvalue weighted by Crippen LogP contribution is 2.34. The van der Waals surface area contributed by atoms with Gasteiger partial charge in [0.05, 0.1) is 12.1 Å². The lowest BCUT2D eigenvalue weighted by molar-refractivity contribution is -0.196. The zero-order valence-corrected chi connectivity index (χ0v) is 16.2. The molecule has 0 unspecified atom stereocenters. The van der Waals surface area contributed by atoms with Gasteiger partial charge in [0.2, 0.25) is 0 Å². The molecule has 1 amide bonds. The minimum atomic E-state index is -0.309. The van der Waals surface area contributed by atoms with E-state index in [1.165, 1.54) is 6.07 Å². The number of likely N-dealkylation sites (tertiary alicyclic amines) is 1. The summed E-state index contributed by atoms with van der Waals surface area (Å²) < 4.78 is 20.1. The van der Waals surface area contributed by atoms with Gasteiger partial charge in [0.15, 0.2) is 0 Å². The van der Waals surface area contributed by atoms with E-state index in [0.717, 1.165) is 50.9 Å². The highest BCUT2D eigenvalue weighted by molar-refractivity contribution is 5.82. The molecule has 144 valence electrons. The van der Waals surface area contributed by atoms with Crippen molar-refractivity contribution in [1.82, 2.24) is 9.80 Å². The van der Waals surface area contributed by atoms with Crippen molar-refractivity contribution in [1.29, 1.82) is 0 Å². The molecule has 2 heterocycles. The molecule has 2 aliphatic heterocycles. The molecular weight excluding hydrogens is 331 g/mol. The minimum Gasteiger partial charge on any atom is -0.360 e. The maximum atomic E-state index is 13.8. The van der Waals surface area contributed by atoms with Gasteiger partial charge in [0, 0.05) is 25.7 Å². The van der Waals surface area contributed by atoms with Gasteiger partial charge in [0.25, 0.3) is 5.91 Å². The van der Waals surface area contributed by atoms with Gasteiger partial charge in [-0.25, -0.2) is 4.39 Å². The molecule has 2 aliphatic rings. The monoisotopic (exact) mass is 362 g/mol. The molecule has 1 spiro atoms. The molecule has 0 radical (unpaired) electrons. The van der Waals surface area contributed by atoms with Crippen LogP contribution in [0.4, 0.5) is 4.39 Å². The number of hydrogen-bond donors (Lipinski definition) is 0. The van der Waals surface area contributed by atoms with E-state index < -0.39 is 0 Å². The zero-order chi connectivity index (χ0) is 18.7. The van der Waals surface area contributed by atoms with Gasteiger partial charge in [0.1, 0.15) is 11.9 Å². The van der Waals surface area contributed by atoms with Crippen LogP contribution in [-0.2, 0) is 16.0 Å². The summed E-state index contributed by atoms with van der Waals surface area (Å²) in [5.41, 5.74) is 0.567. The average Bonchev–Trinajstić information content (AvgIpc) is 2.64. The lowest BCUT2D eigenvalue weighted by atomic mass is 9.87. The van der Waals surface area contributed by atoms with Gasteiger partial charge in [-0.2, -0.15) is 0 Å². The van der Waals surface area contributed by atoms with Crippen LogP contribution in [0, 0.1) is 5.82 Å². The molecule has 4 nitrogen and oxygen atoms in total. The SMILES string of the molecule is CC[C@H]1OC2(CCN(CCc3ccccc3F)CC2)CN(C(C)C)C1=O. The van der Waals surface area contributed by atoms with Gasteiger partial charge in [-0.15, -0.1) is 0 Å². The topological polar surface area (TPSA) is 32.8 Å². The van der Waals surface area contributed by atoms with Crippen molar-refractivity contribution in [3.8, 4) is 0 Å². The number of piperidine rings is 1. The highest BCUT2D eigenvalue weighted by atomic mass is 19.1. The third kappa shape index (κ3) is 4.09. The first-order valence-corrected chi connectivity index (χ1v) is 9.88. The molecule has 2 saturated heterocycles. The van der Waals surface area contributed by atoms with Crippen molar-refractivity contribution in [3.05, 3.63) is 35.6 Å². The van der Waals surface area contributed by atoms with Crippen molar-refractivity contribution in [3.63, 3.8) is 0 Å². The van der Waals surface area contributed by atoms with Crippen molar-refractivity contribution in [2.45, 2.75) is 64.2 Å². The lowest BCUT2D eigenvalue weighted by Gasteiger charge is -2.50. The number of nitrogens with zero attached hydrogens (tertiary/aromatic N) is 2. The number of halogens is 1. The molecule has 0 saturated carbocycles. The molecule has 1 aromatic rings. The van der Waals surface area contributed by atoms with Crippen LogP contribution in [0.5, 0.6) is 0 Å². The summed E-state index contributed by atoms with van der Waals surface area (Å²) in [5, 5.41) is 0. The summed E-state index contributed by atoms with van der Waals surface area (Å²) in [6, 6.07) is 7.22. The van der Waals surface area contributed by atoms with Crippen LogP contribution in [0.2, 0.25) is 0 Å². The summed E-state index contributed by atoms with van der Waals surface area (Å²) in [6.07, 6.45) is 3.00. The molecule has 1 aromatic carbocycles. The molecule has 0 bridgehead atoms. The second-order valence-electron chi connectivity index (χ2n) is 7.94. The second-order valence-corrected chi connectivity index (χ2v) is 7.94. The molecule has 2 fully saturated rings. The van der Waals surface area contributed by atoms with Gasteiger partial charge in [-0.3, -0.25) is 4.79 Å². The van der Waals surface area contributed by atoms with Crippen LogP contribution in [0.15, 0.2) is 24.3 Å². The third-order valence-corrected chi connectivity index (χ3v) is 5.83. The van der Waals surface area contributed by atoms with Crippen molar-refractivity contribution in [2.24, 2.45) is 0 Å². The smallest absolute Gasteiger partial charge is 0.252 e. The van der Waals surface area contributed by atoms with Gasteiger partial charge < -0.3 is 14.5 Å². The predicted octanol–water partition coefficient (Wildman–Crippen LogP) is 3.25. The molecule has 26 heavy (non-hydrogen) atoms. The maximum absolute atomic E-state index is 13.8. The summed E-state index contributed by atoms with van der Waals surface area (Å²) in [7, 11) is 0. The maximum Gasteiger partial charge on any atom is 0.252 e. The van der Waals surface area contributed by atoms with E-state index in [9.17, 15) is 9.18 Å². The number of benzene rings is 1. The zero-order valence-electron chi connectivity index (χ0n) is 16.2. The first-order chi connectivity index (χ1) is 12.4. The quantitative estimate of drug-likeness (QED) is 0.806. The summed E-state index contributed by atoms with van der Waals surface area (Å²) >= 11 is 0. The van der Waals surface area contributed by atoms with E-state index in [2.05, 4.69) is 18.7 Å². The highest BCUT2D eigenvalue weighted by Gasteiger charge is 2.46. The molecule has 0 aliphatic carbocycles. The largest absolute Gasteiger partial charge is 0.360 e. The van der Waals surface area contributed by atoms with Gasteiger partial charge in [-0.05, 0) is 51.2 Å². The number of ether oxygens (including phenoxy) is 1. The van der Waals surface area contributed by atoms with Crippen molar-refractivity contribution < 1.29 is 13.9 Å². The Balaban J connectivity index is 1.58. The molecule has 1 atom stereocenters. The van der Waals surface area contributed by atoms with E-state index in [4.69, 9.17) is 4.74 Å².